The van der Waals surface area contributed by atoms with Crippen molar-refractivity contribution in [1.82, 2.24) is 5.16 Å². The fourth-order valence-electron chi connectivity index (χ4n) is 4.70. The Bertz CT molecular complexity index is 1320. The fourth-order valence-corrected chi connectivity index (χ4v) is 4.70. The molecule has 3 aromatic carbocycles. The van der Waals surface area contributed by atoms with Gasteiger partial charge in [0.15, 0.2) is 0 Å². The number of aryl methyl sites for hydroxylation is 2. The molecule has 0 spiro atoms. The summed E-state index contributed by atoms with van der Waals surface area (Å²) in [5.41, 5.74) is 8.68. The van der Waals surface area contributed by atoms with Crippen molar-refractivity contribution in [1.29, 1.82) is 0 Å². The van der Waals surface area contributed by atoms with Crippen LogP contribution >= 0.6 is 0 Å². The molecule has 0 saturated carbocycles. The third-order valence-electron chi connectivity index (χ3n) is 6.64. The van der Waals surface area contributed by atoms with Gasteiger partial charge < -0.3 is 19.7 Å². The lowest BCUT2D eigenvalue weighted by Crippen LogP contribution is -2.30. The van der Waals surface area contributed by atoms with Crippen molar-refractivity contribution in [3.8, 4) is 11.5 Å². The molecule has 0 aliphatic carbocycles. The SMILES string of the molecule is CCC(Cc1ccccc1)(c1cccc(OC(C)(F)F)c1)c1cccc(OC(F)(F)F)c1.Cc1noc(C)c1CN. The maximum atomic E-state index is 13.5. The number of nitrogens with two attached hydrogens (primary N) is 1. The van der Waals surface area contributed by atoms with Crippen LogP contribution in [-0.2, 0) is 18.4 Å². The van der Waals surface area contributed by atoms with E-state index in [2.05, 4.69) is 9.89 Å². The number of hydrogen-bond donors (Lipinski definition) is 1. The Morgan fingerprint density at radius 3 is 1.78 bits per heavy atom. The van der Waals surface area contributed by atoms with Crippen LogP contribution in [0.3, 0.4) is 0 Å². The molecule has 220 valence electrons. The second kappa shape index (κ2) is 13.2. The van der Waals surface area contributed by atoms with Crippen LogP contribution in [0, 0.1) is 13.8 Å². The monoisotopic (exact) mass is 576 g/mol. The van der Waals surface area contributed by atoms with Crippen molar-refractivity contribution in [2.75, 3.05) is 0 Å². The van der Waals surface area contributed by atoms with Crippen LogP contribution in [0.15, 0.2) is 83.4 Å². The molecule has 1 unspecified atom stereocenters. The lowest BCUT2D eigenvalue weighted by atomic mass is 9.68. The summed E-state index contributed by atoms with van der Waals surface area (Å²) in [4.78, 5) is 0. The number of nitrogens with zero attached hydrogens (tertiary/aromatic N) is 1. The normalized spacial score (nSPS) is 13.1. The molecule has 0 bridgehead atoms. The maximum Gasteiger partial charge on any atom is 0.573 e. The number of benzene rings is 3. The quantitative estimate of drug-likeness (QED) is 0.203. The molecule has 0 aliphatic heterocycles. The zero-order valence-electron chi connectivity index (χ0n) is 23.3. The minimum absolute atomic E-state index is 0.0245. The first-order chi connectivity index (χ1) is 19.3. The van der Waals surface area contributed by atoms with E-state index in [-0.39, 0.29) is 11.5 Å². The molecule has 1 aromatic heterocycles. The van der Waals surface area contributed by atoms with E-state index in [4.69, 9.17) is 15.0 Å². The molecular formula is C31H33F5N2O3. The lowest BCUT2D eigenvalue weighted by molar-refractivity contribution is -0.274. The molecule has 0 saturated heterocycles. The van der Waals surface area contributed by atoms with E-state index in [0.29, 0.717) is 37.4 Å². The minimum Gasteiger partial charge on any atom is -0.433 e. The Labute approximate surface area is 236 Å². The van der Waals surface area contributed by atoms with Gasteiger partial charge in [0, 0.05) is 24.4 Å². The Morgan fingerprint density at radius 1 is 0.805 bits per heavy atom. The number of halogens is 5. The van der Waals surface area contributed by atoms with E-state index in [9.17, 15) is 22.0 Å². The van der Waals surface area contributed by atoms with Gasteiger partial charge in [-0.1, -0.05) is 66.7 Å². The fraction of sp³-hybridized carbons (Fsp3) is 0.323. The summed E-state index contributed by atoms with van der Waals surface area (Å²) in [6.45, 7) is 6.82. The average Bonchev–Trinajstić information content (AvgIpc) is 3.23. The predicted octanol–water partition coefficient (Wildman–Crippen LogP) is 8.27. The second-order valence-electron chi connectivity index (χ2n) is 9.62. The number of alkyl halides is 5. The largest absolute Gasteiger partial charge is 0.573 e. The van der Waals surface area contributed by atoms with E-state index in [1.165, 1.54) is 30.3 Å². The molecule has 41 heavy (non-hydrogen) atoms. The molecule has 0 fully saturated rings. The first kappa shape index (κ1) is 31.6. The zero-order chi connectivity index (χ0) is 30.3. The maximum absolute atomic E-state index is 13.5. The van der Waals surface area contributed by atoms with Gasteiger partial charge in [-0.05, 0) is 67.6 Å². The van der Waals surface area contributed by atoms with Crippen molar-refractivity contribution in [3.05, 3.63) is 113 Å². The van der Waals surface area contributed by atoms with Crippen molar-refractivity contribution in [3.63, 3.8) is 0 Å². The minimum atomic E-state index is -4.83. The summed E-state index contributed by atoms with van der Waals surface area (Å²) in [6, 6.07) is 21.5. The van der Waals surface area contributed by atoms with Gasteiger partial charge in [0.25, 0.3) is 0 Å². The Kier molecular flexibility index (Phi) is 10.1. The number of rotatable bonds is 9. The summed E-state index contributed by atoms with van der Waals surface area (Å²) < 4.78 is 79.1. The molecule has 0 amide bonds. The van der Waals surface area contributed by atoms with Crippen LogP contribution in [0.5, 0.6) is 11.5 Å². The molecule has 2 N–H and O–H groups in total. The van der Waals surface area contributed by atoms with E-state index >= 15 is 0 Å². The smallest absolute Gasteiger partial charge is 0.433 e. The van der Waals surface area contributed by atoms with Crippen molar-refractivity contribution < 1.29 is 35.9 Å². The standard InChI is InChI=1S/C25H23F5O2.C6H10N2O/c1-3-24(17-18-9-5-4-6-10-18,19-11-7-13-21(15-19)31-23(2,26)27)20-12-8-14-22(16-20)32-25(28,29)30;1-4-6(3-7)5(2)9-8-4/h4-16H,3,17H2,1-2H3;3,7H2,1-2H3. The Hall–Kier alpha value is -3.92. The molecule has 10 heteroatoms. The van der Waals surface area contributed by atoms with Crippen LogP contribution in [0.4, 0.5) is 22.0 Å². The molecular weight excluding hydrogens is 543 g/mol. The molecule has 1 heterocycles. The average molecular weight is 577 g/mol. The highest BCUT2D eigenvalue weighted by Crippen LogP contribution is 2.42. The Balaban J connectivity index is 0.000000436. The molecule has 1 atom stereocenters. The summed E-state index contributed by atoms with van der Waals surface area (Å²) in [5, 5.41) is 3.73. The van der Waals surface area contributed by atoms with Gasteiger partial charge >= 0.3 is 12.5 Å². The molecule has 0 radical (unpaired) electrons. The van der Waals surface area contributed by atoms with E-state index in [1.807, 2.05) is 51.1 Å². The molecule has 5 nitrogen and oxygen atoms in total. The zero-order valence-corrected chi connectivity index (χ0v) is 23.3. The molecule has 0 aliphatic rings. The van der Waals surface area contributed by atoms with Crippen LogP contribution in [0.1, 0.15) is 54.0 Å². The highest BCUT2D eigenvalue weighted by atomic mass is 19.4. The van der Waals surface area contributed by atoms with E-state index in [1.54, 1.807) is 18.2 Å². The third-order valence-corrected chi connectivity index (χ3v) is 6.64. The third kappa shape index (κ3) is 8.78. The lowest BCUT2D eigenvalue weighted by Gasteiger charge is -2.35. The summed E-state index contributed by atoms with van der Waals surface area (Å²) >= 11 is 0. The van der Waals surface area contributed by atoms with Gasteiger partial charge in [-0.3, -0.25) is 0 Å². The predicted molar refractivity (Wildman–Crippen MR) is 146 cm³/mol. The topological polar surface area (TPSA) is 70.5 Å². The van der Waals surface area contributed by atoms with Gasteiger partial charge in [0.05, 0.1) is 5.69 Å². The first-order valence-corrected chi connectivity index (χ1v) is 13.0. The molecule has 4 aromatic rings. The van der Waals surface area contributed by atoms with Crippen LogP contribution in [0.2, 0.25) is 0 Å². The highest BCUT2D eigenvalue weighted by Gasteiger charge is 2.36. The summed E-state index contributed by atoms with van der Waals surface area (Å²) in [6.07, 6.45) is -7.27. The van der Waals surface area contributed by atoms with Gasteiger partial charge in [-0.2, -0.15) is 8.78 Å². The van der Waals surface area contributed by atoms with Crippen LogP contribution < -0.4 is 15.2 Å². The first-order valence-electron chi connectivity index (χ1n) is 13.0. The van der Waals surface area contributed by atoms with Gasteiger partial charge in [0.2, 0.25) is 0 Å². The van der Waals surface area contributed by atoms with Gasteiger partial charge in [-0.25, -0.2) is 0 Å². The van der Waals surface area contributed by atoms with Crippen molar-refractivity contribution in [2.45, 2.75) is 65.0 Å². The Morgan fingerprint density at radius 2 is 1.37 bits per heavy atom. The molecule has 4 rings (SSSR count). The number of ether oxygens (including phenoxy) is 2. The summed E-state index contributed by atoms with van der Waals surface area (Å²) in [7, 11) is 0. The second-order valence-corrected chi connectivity index (χ2v) is 9.62. The summed E-state index contributed by atoms with van der Waals surface area (Å²) in [5.74, 6) is 0.465. The van der Waals surface area contributed by atoms with Crippen LogP contribution in [-0.4, -0.2) is 17.6 Å². The number of aromatic nitrogens is 1. The highest BCUT2D eigenvalue weighted by molar-refractivity contribution is 5.46. The van der Waals surface area contributed by atoms with Gasteiger partial charge in [0.1, 0.15) is 17.3 Å². The van der Waals surface area contributed by atoms with E-state index in [0.717, 1.165) is 22.6 Å². The van der Waals surface area contributed by atoms with Crippen LogP contribution in [0.25, 0.3) is 0 Å². The van der Waals surface area contributed by atoms with Gasteiger partial charge in [-0.15, -0.1) is 13.2 Å². The van der Waals surface area contributed by atoms with Crippen molar-refractivity contribution >= 4 is 0 Å². The van der Waals surface area contributed by atoms with Crippen molar-refractivity contribution in [2.24, 2.45) is 5.73 Å². The number of hydrogen-bond acceptors (Lipinski definition) is 5. The van der Waals surface area contributed by atoms with E-state index < -0.39 is 17.9 Å².